The maximum absolute atomic E-state index is 12.6. The van der Waals surface area contributed by atoms with Crippen LogP contribution >= 0.6 is 11.6 Å². The van der Waals surface area contributed by atoms with Crippen molar-refractivity contribution in [2.45, 2.75) is 19.8 Å². The van der Waals surface area contributed by atoms with Gasteiger partial charge in [-0.15, -0.1) is 0 Å². The number of carbonyl (C=O) groups excluding carboxylic acids is 1. The molecule has 3 aromatic rings. The number of rotatable bonds is 4. The van der Waals surface area contributed by atoms with Crippen LogP contribution in [0.2, 0.25) is 5.02 Å². The third-order valence-corrected chi connectivity index (χ3v) is 4.55. The van der Waals surface area contributed by atoms with Crippen molar-refractivity contribution in [3.8, 4) is 5.69 Å². The first kappa shape index (κ1) is 19.6. The summed E-state index contributed by atoms with van der Waals surface area (Å²) in [6, 6.07) is 13.7. The molecule has 144 valence electrons. The highest BCUT2D eigenvalue weighted by Crippen LogP contribution is 2.17. The lowest BCUT2D eigenvalue weighted by atomic mass is 10.0. The van der Waals surface area contributed by atoms with Gasteiger partial charge in [-0.05, 0) is 47.9 Å². The highest BCUT2D eigenvalue weighted by Gasteiger charge is 2.19. The van der Waals surface area contributed by atoms with Crippen LogP contribution in [0.5, 0.6) is 0 Å². The van der Waals surface area contributed by atoms with Gasteiger partial charge in [-0.25, -0.2) is 4.79 Å². The van der Waals surface area contributed by atoms with Gasteiger partial charge in [0, 0.05) is 17.8 Å². The molecule has 28 heavy (non-hydrogen) atoms. The molecular formula is C20H19ClN4O3. The lowest BCUT2D eigenvalue weighted by molar-refractivity contribution is 0.101. The Morgan fingerprint density at radius 3 is 2.21 bits per heavy atom. The van der Waals surface area contributed by atoms with E-state index in [1.807, 2.05) is 12.1 Å². The van der Waals surface area contributed by atoms with Gasteiger partial charge in [0.05, 0.1) is 5.69 Å². The van der Waals surface area contributed by atoms with Crippen LogP contribution in [-0.4, -0.2) is 20.3 Å². The number of hydrogen-bond donors (Lipinski definition) is 1. The quantitative estimate of drug-likeness (QED) is 0.732. The van der Waals surface area contributed by atoms with E-state index in [0.29, 0.717) is 22.3 Å². The SMILES string of the molecule is CC(C)c1ccc(NC(=O)c2nn(-c3ccc(Cl)cc3)c(=O)n(C)c2=O)cc1. The van der Waals surface area contributed by atoms with Crippen molar-refractivity contribution in [2.75, 3.05) is 5.32 Å². The van der Waals surface area contributed by atoms with Gasteiger partial charge in [-0.2, -0.15) is 9.78 Å². The monoisotopic (exact) mass is 398 g/mol. The van der Waals surface area contributed by atoms with E-state index in [9.17, 15) is 14.4 Å². The van der Waals surface area contributed by atoms with E-state index in [0.717, 1.165) is 14.8 Å². The minimum atomic E-state index is -0.772. The fraction of sp³-hybridized carbons (Fsp3) is 0.200. The number of anilines is 1. The highest BCUT2D eigenvalue weighted by atomic mass is 35.5. The van der Waals surface area contributed by atoms with Gasteiger partial charge in [-0.1, -0.05) is 37.6 Å². The normalized spacial score (nSPS) is 10.9. The molecule has 0 spiro atoms. The van der Waals surface area contributed by atoms with Gasteiger partial charge in [0.25, 0.3) is 11.5 Å². The maximum Gasteiger partial charge on any atom is 0.351 e. The molecule has 0 unspecified atom stereocenters. The van der Waals surface area contributed by atoms with Gasteiger partial charge in [0.15, 0.2) is 0 Å². The molecule has 1 aromatic heterocycles. The van der Waals surface area contributed by atoms with Gasteiger partial charge < -0.3 is 5.32 Å². The number of carbonyl (C=O) groups is 1. The molecule has 0 aliphatic carbocycles. The van der Waals surface area contributed by atoms with E-state index in [4.69, 9.17) is 11.6 Å². The van der Waals surface area contributed by atoms with E-state index in [1.54, 1.807) is 36.4 Å². The molecule has 0 atom stereocenters. The second-order valence-corrected chi connectivity index (χ2v) is 7.05. The first-order valence-electron chi connectivity index (χ1n) is 8.65. The Balaban J connectivity index is 1.99. The number of nitrogens with zero attached hydrogens (tertiary/aromatic N) is 3. The lowest BCUT2D eigenvalue weighted by Crippen LogP contribution is -2.43. The van der Waals surface area contributed by atoms with Crippen LogP contribution in [0.3, 0.4) is 0 Å². The Morgan fingerprint density at radius 2 is 1.64 bits per heavy atom. The fourth-order valence-electron chi connectivity index (χ4n) is 2.61. The summed E-state index contributed by atoms with van der Waals surface area (Å²) in [5.74, 6) is -0.331. The Bertz CT molecular complexity index is 1130. The smallest absolute Gasteiger partial charge is 0.320 e. The Kier molecular flexibility index (Phi) is 5.46. The molecule has 0 fully saturated rings. The van der Waals surface area contributed by atoms with E-state index in [2.05, 4.69) is 24.3 Å². The molecule has 7 nitrogen and oxygen atoms in total. The molecule has 2 aromatic carbocycles. The standard InChI is InChI=1S/C20H19ClN4O3/c1-12(2)13-4-8-15(9-5-13)22-18(26)17-19(27)24(3)20(28)25(23-17)16-10-6-14(21)7-11-16/h4-12H,1-3H3,(H,22,26). The Morgan fingerprint density at radius 1 is 1.04 bits per heavy atom. The largest absolute Gasteiger partial charge is 0.351 e. The Hall–Kier alpha value is -3.19. The summed E-state index contributed by atoms with van der Waals surface area (Å²) >= 11 is 5.87. The summed E-state index contributed by atoms with van der Waals surface area (Å²) in [6.45, 7) is 4.14. The van der Waals surface area contributed by atoms with Crippen molar-refractivity contribution in [3.63, 3.8) is 0 Å². The molecule has 3 rings (SSSR count). The van der Waals surface area contributed by atoms with E-state index < -0.39 is 17.2 Å². The minimum Gasteiger partial charge on any atom is -0.320 e. The molecule has 0 saturated heterocycles. The zero-order chi connectivity index (χ0) is 20.4. The van der Waals surface area contributed by atoms with Gasteiger partial charge in [-0.3, -0.25) is 14.2 Å². The van der Waals surface area contributed by atoms with Crippen LogP contribution in [0.4, 0.5) is 5.69 Å². The molecular weight excluding hydrogens is 380 g/mol. The lowest BCUT2D eigenvalue weighted by Gasteiger charge is -2.11. The zero-order valence-electron chi connectivity index (χ0n) is 15.6. The third-order valence-electron chi connectivity index (χ3n) is 4.30. The van der Waals surface area contributed by atoms with Gasteiger partial charge >= 0.3 is 5.69 Å². The molecule has 0 bridgehead atoms. The highest BCUT2D eigenvalue weighted by molar-refractivity contribution is 6.30. The van der Waals surface area contributed by atoms with Crippen LogP contribution in [0.25, 0.3) is 5.69 Å². The predicted molar refractivity (Wildman–Crippen MR) is 109 cm³/mol. The van der Waals surface area contributed by atoms with Crippen LogP contribution in [0.15, 0.2) is 58.1 Å². The van der Waals surface area contributed by atoms with Gasteiger partial charge in [0.2, 0.25) is 5.69 Å². The first-order valence-corrected chi connectivity index (χ1v) is 9.03. The summed E-state index contributed by atoms with van der Waals surface area (Å²) in [5.41, 5.74) is 0.229. The van der Waals surface area contributed by atoms with Crippen molar-refractivity contribution < 1.29 is 4.79 Å². The van der Waals surface area contributed by atoms with Crippen molar-refractivity contribution >= 4 is 23.2 Å². The summed E-state index contributed by atoms with van der Waals surface area (Å²) in [7, 11) is 1.30. The molecule has 0 aliphatic rings. The minimum absolute atomic E-state index is 0.363. The summed E-state index contributed by atoms with van der Waals surface area (Å²) in [4.78, 5) is 37.4. The molecule has 1 amide bonds. The summed E-state index contributed by atoms with van der Waals surface area (Å²) < 4.78 is 1.84. The van der Waals surface area contributed by atoms with Crippen molar-refractivity contribution in [1.29, 1.82) is 0 Å². The Labute approximate surface area is 166 Å². The average Bonchev–Trinajstić information content (AvgIpc) is 2.67. The van der Waals surface area contributed by atoms with Crippen molar-refractivity contribution in [3.05, 3.63) is 85.6 Å². The number of halogens is 1. The van der Waals surface area contributed by atoms with Crippen LogP contribution in [0.1, 0.15) is 35.8 Å². The maximum atomic E-state index is 12.6. The van der Waals surface area contributed by atoms with E-state index in [1.165, 1.54) is 7.05 Å². The number of benzene rings is 2. The summed E-state index contributed by atoms with van der Waals surface area (Å²) in [6.07, 6.45) is 0. The van der Waals surface area contributed by atoms with E-state index in [-0.39, 0.29) is 5.69 Å². The second-order valence-electron chi connectivity index (χ2n) is 6.61. The van der Waals surface area contributed by atoms with Crippen LogP contribution in [0, 0.1) is 0 Å². The van der Waals surface area contributed by atoms with Crippen LogP contribution < -0.4 is 16.6 Å². The number of nitrogens with one attached hydrogen (secondary N) is 1. The topological polar surface area (TPSA) is 86.0 Å². The molecule has 1 heterocycles. The fourth-order valence-corrected chi connectivity index (χ4v) is 2.73. The number of amides is 1. The molecule has 8 heteroatoms. The van der Waals surface area contributed by atoms with Crippen molar-refractivity contribution in [1.82, 2.24) is 14.3 Å². The molecule has 0 saturated carbocycles. The summed E-state index contributed by atoms with van der Waals surface area (Å²) in [5, 5.41) is 7.13. The number of hydrogen-bond acceptors (Lipinski definition) is 4. The average molecular weight is 399 g/mol. The third kappa shape index (κ3) is 3.89. The van der Waals surface area contributed by atoms with Crippen molar-refractivity contribution in [2.24, 2.45) is 7.05 Å². The molecule has 1 N–H and O–H groups in total. The number of aromatic nitrogens is 3. The second kappa shape index (κ2) is 7.82. The van der Waals surface area contributed by atoms with Gasteiger partial charge in [0.1, 0.15) is 0 Å². The van der Waals surface area contributed by atoms with E-state index >= 15 is 0 Å². The molecule has 0 aliphatic heterocycles. The molecule has 0 radical (unpaired) electrons. The predicted octanol–water partition coefficient (Wildman–Crippen LogP) is 2.96. The zero-order valence-corrected chi connectivity index (χ0v) is 16.4. The van der Waals surface area contributed by atoms with Crippen LogP contribution in [-0.2, 0) is 7.05 Å². The first-order chi connectivity index (χ1) is 13.3.